The van der Waals surface area contributed by atoms with Crippen LogP contribution in [0.25, 0.3) is 0 Å². The lowest BCUT2D eigenvalue weighted by molar-refractivity contribution is 0.0478. The molecule has 1 N–H and O–H groups in total. The van der Waals surface area contributed by atoms with Gasteiger partial charge in [0, 0.05) is 16.8 Å². The van der Waals surface area contributed by atoms with Crippen molar-refractivity contribution in [2.24, 2.45) is 11.8 Å². The first-order valence-corrected chi connectivity index (χ1v) is 8.15. The molecule has 0 bridgehead atoms. The van der Waals surface area contributed by atoms with Gasteiger partial charge < -0.3 is 10.1 Å². The smallest absolute Gasteiger partial charge is 0.0704 e. The first-order valence-electron chi connectivity index (χ1n) is 6.54. The highest BCUT2D eigenvalue weighted by molar-refractivity contribution is 9.11. The summed E-state index contributed by atoms with van der Waals surface area (Å²) in [5.74, 6) is 1.11. The summed E-state index contributed by atoms with van der Waals surface area (Å²) in [6.45, 7) is 8.89. The number of hydrogen-bond donors (Lipinski definition) is 1. The van der Waals surface area contributed by atoms with Crippen molar-refractivity contribution in [3.05, 3.63) is 20.3 Å². The van der Waals surface area contributed by atoms with Crippen molar-refractivity contribution >= 4 is 27.3 Å². The number of rotatable bonds is 3. The van der Waals surface area contributed by atoms with Crippen LogP contribution in [0.2, 0.25) is 0 Å². The maximum absolute atomic E-state index is 5.99. The molecule has 0 radical (unpaired) electrons. The van der Waals surface area contributed by atoms with Crippen LogP contribution in [-0.4, -0.2) is 19.3 Å². The van der Waals surface area contributed by atoms with Gasteiger partial charge in [0.1, 0.15) is 0 Å². The van der Waals surface area contributed by atoms with E-state index in [2.05, 4.69) is 62.1 Å². The van der Waals surface area contributed by atoms with E-state index >= 15 is 0 Å². The Morgan fingerprint density at radius 2 is 2.00 bits per heavy atom. The number of aryl methyl sites for hydroxylation is 1. The highest BCUT2D eigenvalue weighted by atomic mass is 79.9. The monoisotopic (exact) mass is 331 g/mol. The largest absolute Gasteiger partial charge is 0.375 e. The third-order valence-electron chi connectivity index (χ3n) is 4.28. The van der Waals surface area contributed by atoms with E-state index < -0.39 is 0 Å². The number of halogens is 1. The van der Waals surface area contributed by atoms with Gasteiger partial charge in [-0.3, -0.25) is 0 Å². The Morgan fingerprint density at radius 1 is 1.33 bits per heavy atom. The SMILES string of the molecule is CNC(c1cc(Br)sc1C)C1C(C)OC(C)C1C. The van der Waals surface area contributed by atoms with E-state index in [0.29, 0.717) is 30.1 Å². The molecule has 1 aliphatic rings. The Labute approximate surface area is 122 Å². The van der Waals surface area contributed by atoms with Gasteiger partial charge in [-0.15, -0.1) is 11.3 Å². The van der Waals surface area contributed by atoms with Crippen LogP contribution in [0, 0.1) is 18.8 Å². The molecule has 1 aliphatic heterocycles. The van der Waals surface area contributed by atoms with Crippen LogP contribution in [0.5, 0.6) is 0 Å². The number of hydrogen-bond acceptors (Lipinski definition) is 3. The lowest BCUT2D eigenvalue weighted by atomic mass is 9.80. The first-order chi connectivity index (χ1) is 8.45. The summed E-state index contributed by atoms with van der Waals surface area (Å²) in [5.41, 5.74) is 1.41. The zero-order valence-corrected chi connectivity index (χ0v) is 14.1. The summed E-state index contributed by atoms with van der Waals surface area (Å²) in [6, 6.07) is 2.63. The number of nitrogens with one attached hydrogen (secondary N) is 1. The average molecular weight is 332 g/mol. The van der Waals surface area contributed by atoms with Crippen LogP contribution in [0.15, 0.2) is 9.85 Å². The topological polar surface area (TPSA) is 21.3 Å². The van der Waals surface area contributed by atoms with Crippen LogP contribution in [0.3, 0.4) is 0 Å². The van der Waals surface area contributed by atoms with Gasteiger partial charge in [-0.25, -0.2) is 0 Å². The van der Waals surface area contributed by atoms with Crippen LogP contribution >= 0.6 is 27.3 Å². The van der Waals surface area contributed by atoms with Gasteiger partial charge in [-0.05, 0) is 61.3 Å². The summed E-state index contributed by atoms with van der Waals surface area (Å²) in [6.07, 6.45) is 0.661. The van der Waals surface area contributed by atoms with Crippen LogP contribution in [0.1, 0.15) is 37.3 Å². The van der Waals surface area contributed by atoms with E-state index in [1.807, 2.05) is 11.3 Å². The molecule has 0 aliphatic carbocycles. The third-order valence-corrected chi connectivity index (χ3v) is 5.85. The van der Waals surface area contributed by atoms with Gasteiger partial charge in [-0.2, -0.15) is 0 Å². The minimum absolute atomic E-state index is 0.311. The Morgan fingerprint density at radius 3 is 2.39 bits per heavy atom. The average Bonchev–Trinajstić information content (AvgIpc) is 2.74. The fraction of sp³-hybridized carbons (Fsp3) is 0.714. The molecule has 0 amide bonds. The maximum Gasteiger partial charge on any atom is 0.0704 e. The van der Waals surface area contributed by atoms with Gasteiger partial charge in [-0.1, -0.05) is 6.92 Å². The molecule has 102 valence electrons. The highest BCUT2D eigenvalue weighted by Gasteiger charge is 2.42. The fourth-order valence-corrected chi connectivity index (χ4v) is 4.95. The van der Waals surface area contributed by atoms with E-state index in [4.69, 9.17) is 4.74 Å². The molecule has 5 unspecified atom stereocenters. The van der Waals surface area contributed by atoms with Crippen molar-refractivity contribution in [1.82, 2.24) is 5.32 Å². The predicted molar refractivity (Wildman–Crippen MR) is 81.2 cm³/mol. The summed E-state index contributed by atoms with van der Waals surface area (Å²) < 4.78 is 7.20. The fourth-order valence-electron chi connectivity index (χ4n) is 3.19. The molecule has 1 aromatic heterocycles. The van der Waals surface area contributed by atoms with Crippen LogP contribution in [-0.2, 0) is 4.74 Å². The van der Waals surface area contributed by atoms with E-state index in [-0.39, 0.29) is 0 Å². The molecular weight excluding hydrogens is 310 g/mol. The molecule has 2 heterocycles. The van der Waals surface area contributed by atoms with Crippen LogP contribution in [0.4, 0.5) is 0 Å². The van der Waals surface area contributed by atoms with Crippen molar-refractivity contribution in [2.45, 2.75) is 45.9 Å². The van der Waals surface area contributed by atoms with Crippen molar-refractivity contribution in [1.29, 1.82) is 0 Å². The van der Waals surface area contributed by atoms with Crippen LogP contribution < -0.4 is 5.32 Å². The normalized spacial score (nSPS) is 33.9. The lowest BCUT2D eigenvalue weighted by Crippen LogP contribution is -2.33. The Kier molecular flexibility index (Phi) is 4.52. The third kappa shape index (κ3) is 2.53. The van der Waals surface area contributed by atoms with Gasteiger partial charge in [0.25, 0.3) is 0 Å². The molecule has 4 heteroatoms. The minimum Gasteiger partial charge on any atom is -0.375 e. The molecule has 0 aromatic carbocycles. The summed E-state index contributed by atoms with van der Waals surface area (Å²) >= 11 is 5.40. The molecule has 0 saturated carbocycles. The predicted octanol–water partition coefficient (Wildman–Crippen LogP) is 4.14. The summed E-state index contributed by atoms with van der Waals surface area (Å²) in [4.78, 5) is 1.39. The molecule has 5 atom stereocenters. The van der Waals surface area contributed by atoms with Gasteiger partial charge in [0.05, 0.1) is 16.0 Å². The second-order valence-corrected chi connectivity index (χ2v) is 7.95. The molecule has 0 spiro atoms. The molecule has 1 fully saturated rings. The lowest BCUT2D eigenvalue weighted by Gasteiger charge is -2.29. The number of thiophene rings is 1. The van der Waals surface area contributed by atoms with E-state index in [9.17, 15) is 0 Å². The van der Waals surface area contributed by atoms with E-state index in [1.54, 1.807) is 0 Å². The van der Waals surface area contributed by atoms with Crippen molar-refractivity contribution in [3.8, 4) is 0 Å². The Bertz CT molecular complexity index is 420. The Balaban J connectivity index is 2.31. The zero-order valence-electron chi connectivity index (χ0n) is 11.7. The second kappa shape index (κ2) is 5.61. The standard InChI is InChI=1S/C14H22BrNOS/c1-7-8(2)17-9(3)13(7)14(16-5)11-6-12(15)18-10(11)4/h6-9,13-14,16H,1-5H3. The quantitative estimate of drug-likeness (QED) is 0.898. The van der Waals surface area contributed by atoms with Crippen molar-refractivity contribution < 1.29 is 4.74 Å². The summed E-state index contributed by atoms with van der Waals surface area (Å²) in [5, 5.41) is 3.50. The van der Waals surface area contributed by atoms with Crippen molar-refractivity contribution in [2.75, 3.05) is 7.05 Å². The number of ether oxygens (including phenoxy) is 1. The van der Waals surface area contributed by atoms with Gasteiger partial charge in [0.15, 0.2) is 0 Å². The molecule has 1 aromatic rings. The van der Waals surface area contributed by atoms with Gasteiger partial charge >= 0.3 is 0 Å². The van der Waals surface area contributed by atoms with Crippen molar-refractivity contribution in [3.63, 3.8) is 0 Å². The maximum atomic E-state index is 5.99. The van der Waals surface area contributed by atoms with E-state index in [0.717, 1.165) is 0 Å². The second-order valence-electron chi connectivity index (χ2n) is 5.31. The molecular formula is C14H22BrNOS. The molecule has 2 nitrogen and oxygen atoms in total. The molecule has 1 saturated heterocycles. The highest BCUT2D eigenvalue weighted by Crippen LogP contribution is 2.43. The van der Waals surface area contributed by atoms with Gasteiger partial charge in [0.2, 0.25) is 0 Å². The molecule has 18 heavy (non-hydrogen) atoms. The summed E-state index contributed by atoms with van der Waals surface area (Å²) in [7, 11) is 2.05. The molecule has 2 rings (SSSR count). The van der Waals surface area contributed by atoms with E-state index in [1.165, 1.54) is 14.2 Å². The minimum atomic E-state index is 0.311. The first kappa shape index (κ1) is 14.5. The Hall–Kier alpha value is 0.1000. The zero-order chi connectivity index (χ0) is 13.4.